The molecular weight excluding hydrogens is 300 g/mol. The smallest absolute Gasteiger partial charge is 0.255 e. The van der Waals surface area contributed by atoms with Crippen LogP contribution in [0.25, 0.3) is 0 Å². The van der Waals surface area contributed by atoms with Crippen LogP contribution >= 0.6 is 0 Å². The molecular formula is C20H26N2O2. The predicted octanol–water partition coefficient (Wildman–Crippen LogP) is 4.06. The Hall–Kier alpha value is -1.97. The third-order valence-corrected chi connectivity index (χ3v) is 5.67. The van der Waals surface area contributed by atoms with Crippen LogP contribution in [0.15, 0.2) is 35.4 Å². The molecule has 1 amide bonds. The molecule has 1 saturated carbocycles. The second kappa shape index (κ2) is 6.88. The van der Waals surface area contributed by atoms with E-state index in [2.05, 4.69) is 12.0 Å². The molecule has 1 aromatic rings. The van der Waals surface area contributed by atoms with Gasteiger partial charge in [0.15, 0.2) is 5.78 Å². The molecule has 24 heavy (non-hydrogen) atoms. The maximum Gasteiger partial charge on any atom is 0.255 e. The number of benzene rings is 1. The summed E-state index contributed by atoms with van der Waals surface area (Å²) in [4.78, 5) is 25.6. The van der Waals surface area contributed by atoms with Gasteiger partial charge in [-0.15, -0.1) is 0 Å². The van der Waals surface area contributed by atoms with E-state index in [0.717, 1.165) is 25.0 Å². The summed E-state index contributed by atoms with van der Waals surface area (Å²) in [6.45, 7) is 4.13. The number of carbonyl (C=O) groups excluding carboxylic acids is 2. The zero-order valence-electron chi connectivity index (χ0n) is 14.6. The average molecular weight is 326 g/mol. The lowest BCUT2D eigenvalue weighted by Gasteiger charge is -2.36. The molecule has 0 radical (unpaired) electrons. The predicted molar refractivity (Wildman–Crippen MR) is 94.9 cm³/mol. The molecule has 1 heterocycles. The molecule has 3 rings (SSSR count). The van der Waals surface area contributed by atoms with E-state index in [1.165, 1.54) is 24.3 Å². The summed E-state index contributed by atoms with van der Waals surface area (Å²) >= 11 is 0. The Morgan fingerprint density at radius 3 is 2.50 bits per heavy atom. The third-order valence-electron chi connectivity index (χ3n) is 5.67. The topological polar surface area (TPSA) is 49.7 Å². The molecule has 1 fully saturated rings. The Morgan fingerprint density at radius 1 is 1.21 bits per heavy atom. The first-order chi connectivity index (χ1) is 11.6. The summed E-state index contributed by atoms with van der Waals surface area (Å²) in [5, 5.41) is 5.98. The lowest BCUT2D eigenvalue weighted by Crippen LogP contribution is -2.44. The number of Topliss-reactive ketones (excluding diaryl/α,β-unsaturated/α-hetero) is 1. The van der Waals surface area contributed by atoms with Crippen molar-refractivity contribution in [3.63, 3.8) is 0 Å². The number of rotatable bonds is 5. The highest BCUT2D eigenvalue weighted by molar-refractivity contribution is 6.13. The highest BCUT2D eigenvalue weighted by Gasteiger charge is 2.51. The standard InChI is InChI=1S/C20H26N2O2/c1-3-18-20(2,16-12-8-5-9-13-16)19(24)22(21-18)14-17(23)15-10-6-4-7-11-15/h4,6-7,10-11,16H,3,5,8-9,12-14H2,1-2H3/t20-/m0/s1. The van der Waals surface area contributed by atoms with Gasteiger partial charge < -0.3 is 0 Å². The maximum atomic E-state index is 13.1. The molecule has 0 N–H and O–H groups in total. The monoisotopic (exact) mass is 326 g/mol. The Balaban J connectivity index is 1.80. The van der Waals surface area contributed by atoms with Crippen molar-refractivity contribution in [2.24, 2.45) is 16.4 Å². The minimum Gasteiger partial charge on any atom is -0.292 e. The van der Waals surface area contributed by atoms with Crippen LogP contribution in [0.5, 0.6) is 0 Å². The van der Waals surface area contributed by atoms with Crippen LogP contribution in [0.2, 0.25) is 0 Å². The van der Waals surface area contributed by atoms with Crippen LogP contribution in [-0.2, 0) is 4.79 Å². The Bertz CT molecular complexity index is 647. The highest BCUT2D eigenvalue weighted by atomic mass is 16.2. The van der Waals surface area contributed by atoms with Gasteiger partial charge in [-0.25, -0.2) is 5.01 Å². The molecule has 1 aliphatic heterocycles. The summed E-state index contributed by atoms with van der Waals surface area (Å²) < 4.78 is 0. The van der Waals surface area contributed by atoms with Crippen molar-refractivity contribution in [2.75, 3.05) is 6.54 Å². The van der Waals surface area contributed by atoms with E-state index in [9.17, 15) is 9.59 Å². The van der Waals surface area contributed by atoms with Crippen molar-refractivity contribution in [2.45, 2.75) is 52.4 Å². The second-order valence-corrected chi connectivity index (χ2v) is 7.09. The van der Waals surface area contributed by atoms with Crippen LogP contribution in [-0.4, -0.2) is 29.0 Å². The number of ketones is 1. The number of nitrogens with zero attached hydrogens (tertiary/aromatic N) is 2. The van der Waals surface area contributed by atoms with Crippen molar-refractivity contribution in [1.82, 2.24) is 5.01 Å². The molecule has 1 aromatic carbocycles. The summed E-state index contributed by atoms with van der Waals surface area (Å²) in [7, 11) is 0. The Labute approximate surface area is 143 Å². The average Bonchev–Trinajstić information content (AvgIpc) is 2.88. The second-order valence-electron chi connectivity index (χ2n) is 7.09. The summed E-state index contributed by atoms with van der Waals surface area (Å²) in [6, 6.07) is 9.13. The molecule has 4 heteroatoms. The van der Waals surface area contributed by atoms with Gasteiger partial charge in [0.05, 0.1) is 11.1 Å². The van der Waals surface area contributed by atoms with Crippen molar-refractivity contribution < 1.29 is 9.59 Å². The lowest BCUT2D eigenvalue weighted by molar-refractivity contribution is -0.137. The van der Waals surface area contributed by atoms with Gasteiger partial charge in [0.25, 0.3) is 5.91 Å². The lowest BCUT2D eigenvalue weighted by atomic mass is 9.66. The fourth-order valence-corrected chi connectivity index (χ4v) is 4.17. The first-order valence-corrected chi connectivity index (χ1v) is 9.05. The normalized spacial score (nSPS) is 25.0. The van der Waals surface area contributed by atoms with Gasteiger partial charge in [0.2, 0.25) is 0 Å². The minimum absolute atomic E-state index is 0.00975. The summed E-state index contributed by atoms with van der Waals surface area (Å²) in [5.74, 6) is 0.306. The van der Waals surface area contributed by atoms with E-state index >= 15 is 0 Å². The van der Waals surface area contributed by atoms with Gasteiger partial charge in [-0.3, -0.25) is 9.59 Å². The van der Waals surface area contributed by atoms with Crippen LogP contribution in [0.4, 0.5) is 0 Å². The molecule has 0 unspecified atom stereocenters. The SMILES string of the molecule is CCC1=NN(CC(=O)c2ccccc2)C(=O)[C@@]1(C)C1CCCCC1. The van der Waals surface area contributed by atoms with E-state index in [1.807, 2.05) is 25.1 Å². The number of amides is 1. The molecule has 2 aliphatic rings. The third kappa shape index (κ3) is 2.90. The van der Waals surface area contributed by atoms with Crippen LogP contribution in [0.1, 0.15) is 62.7 Å². The van der Waals surface area contributed by atoms with E-state index in [1.54, 1.807) is 12.1 Å². The molecule has 0 saturated heterocycles. The first-order valence-electron chi connectivity index (χ1n) is 9.05. The molecule has 0 spiro atoms. The van der Waals surface area contributed by atoms with Gasteiger partial charge in [-0.1, -0.05) is 56.5 Å². The van der Waals surface area contributed by atoms with Crippen molar-refractivity contribution in [3.05, 3.63) is 35.9 Å². The highest BCUT2D eigenvalue weighted by Crippen LogP contribution is 2.44. The molecule has 128 valence electrons. The van der Waals surface area contributed by atoms with Crippen LogP contribution in [0, 0.1) is 11.3 Å². The number of hydrogen-bond acceptors (Lipinski definition) is 3. The molecule has 0 bridgehead atoms. The zero-order chi connectivity index (χ0) is 17.2. The fraction of sp³-hybridized carbons (Fsp3) is 0.550. The van der Waals surface area contributed by atoms with Crippen molar-refractivity contribution in [3.8, 4) is 0 Å². The Morgan fingerprint density at radius 2 is 1.88 bits per heavy atom. The molecule has 4 nitrogen and oxygen atoms in total. The van der Waals surface area contributed by atoms with Gasteiger partial charge >= 0.3 is 0 Å². The van der Waals surface area contributed by atoms with Gasteiger partial charge in [-0.05, 0) is 32.1 Å². The number of hydrogen-bond donors (Lipinski definition) is 0. The van der Waals surface area contributed by atoms with Crippen LogP contribution in [0.3, 0.4) is 0 Å². The van der Waals surface area contributed by atoms with E-state index in [0.29, 0.717) is 11.5 Å². The minimum atomic E-state index is -0.522. The summed E-state index contributed by atoms with van der Waals surface area (Å²) in [5.41, 5.74) is 1.05. The fourth-order valence-electron chi connectivity index (χ4n) is 4.17. The summed E-state index contributed by atoms with van der Waals surface area (Å²) in [6.07, 6.45) is 6.56. The van der Waals surface area contributed by atoms with Gasteiger partial charge in [-0.2, -0.15) is 5.10 Å². The van der Waals surface area contributed by atoms with E-state index in [4.69, 9.17) is 0 Å². The number of hydrazone groups is 1. The molecule has 1 atom stereocenters. The van der Waals surface area contributed by atoms with E-state index in [-0.39, 0.29) is 18.2 Å². The van der Waals surface area contributed by atoms with Crippen LogP contribution < -0.4 is 0 Å². The van der Waals surface area contributed by atoms with Gasteiger partial charge in [0, 0.05) is 5.56 Å². The van der Waals surface area contributed by atoms with E-state index < -0.39 is 5.41 Å². The molecule has 0 aromatic heterocycles. The number of carbonyl (C=O) groups is 2. The zero-order valence-corrected chi connectivity index (χ0v) is 14.6. The first kappa shape index (κ1) is 16.9. The van der Waals surface area contributed by atoms with Crippen molar-refractivity contribution >= 4 is 17.4 Å². The van der Waals surface area contributed by atoms with Gasteiger partial charge in [0.1, 0.15) is 6.54 Å². The Kier molecular flexibility index (Phi) is 4.83. The van der Waals surface area contributed by atoms with Crippen molar-refractivity contribution in [1.29, 1.82) is 0 Å². The quantitative estimate of drug-likeness (QED) is 0.766. The molecule has 1 aliphatic carbocycles. The maximum absolute atomic E-state index is 13.1. The largest absolute Gasteiger partial charge is 0.292 e.